The van der Waals surface area contributed by atoms with Crippen molar-refractivity contribution in [3.05, 3.63) is 46.2 Å². The molecule has 1 aromatic carbocycles. The van der Waals surface area contributed by atoms with E-state index in [1.807, 2.05) is 50.2 Å². The molecule has 4 nitrogen and oxygen atoms in total. The van der Waals surface area contributed by atoms with Crippen molar-refractivity contribution in [2.75, 3.05) is 19.0 Å². The van der Waals surface area contributed by atoms with Gasteiger partial charge in [-0.25, -0.2) is 0 Å². The number of anilines is 1. The molecule has 1 aromatic heterocycles. The summed E-state index contributed by atoms with van der Waals surface area (Å²) < 4.78 is 0. The van der Waals surface area contributed by atoms with Gasteiger partial charge in [0.15, 0.2) is 0 Å². The van der Waals surface area contributed by atoms with E-state index in [-0.39, 0.29) is 11.3 Å². The van der Waals surface area contributed by atoms with Crippen LogP contribution < -0.4 is 10.5 Å². The highest BCUT2D eigenvalue weighted by Crippen LogP contribution is 2.33. The Morgan fingerprint density at radius 2 is 1.95 bits per heavy atom. The van der Waals surface area contributed by atoms with Crippen molar-refractivity contribution in [3.63, 3.8) is 0 Å². The van der Waals surface area contributed by atoms with Crippen molar-refractivity contribution in [2.45, 2.75) is 13.3 Å². The van der Waals surface area contributed by atoms with Gasteiger partial charge in [-0.3, -0.25) is 4.79 Å². The lowest BCUT2D eigenvalue weighted by molar-refractivity contribution is 0.467. The molecule has 0 fully saturated rings. The van der Waals surface area contributed by atoms with Gasteiger partial charge in [-0.1, -0.05) is 25.1 Å². The van der Waals surface area contributed by atoms with E-state index in [1.165, 1.54) is 6.07 Å². The van der Waals surface area contributed by atoms with Crippen molar-refractivity contribution in [2.24, 2.45) is 0 Å². The van der Waals surface area contributed by atoms with Crippen molar-refractivity contribution < 1.29 is 5.11 Å². The normalized spacial score (nSPS) is 10.5. The Morgan fingerprint density at radius 1 is 1.26 bits per heavy atom. The van der Waals surface area contributed by atoms with E-state index < -0.39 is 0 Å². The molecule has 2 N–H and O–H groups in total. The van der Waals surface area contributed by atoms with E-state index in [1.54, 1.807) is 0 Å². The minimum Gasteiger partial charge on any atom is -0.507 e. The summed E-state index contributed by atoms with van der Waals surface area (Å²) in [6.07, 6.45) is 0.652. The lowest BCUT2D eigenvalue weighted by Crippen LogP contribution is -2.13. The number of aromatic hydroxyl groups is 1. The van der Waals surface area contributed by atoms with Gasteiger partial charge in [0.2, 0.25) is 0 Å². The van der Waals surface area contributed by atoms with Gasteiger partial charge in [-0.15, -0.1) is 0 Å². The zero-order valence-electron chi connectivity index (χ0n) is 11.4. The standard InChI is InChI=1S/C15H18N2O2/c1-4-10-13(18)9-14(19)16-15(10)11-7-5-6-8-12(11)17(2)3/h5-9H,4H2,1-3H3,(H2,16,18,19). The number of pyridine rings is 1. The van der Waals surface area contributed by atoms with E-state index in [9.17, 15) is 9.90 Å². The summed E-state index contributed by atoms with van der Waals surface area (Å²) in [5.41, 5.74) is 3.07. The zero-order chi connectivity index (χ0) is 14.0. The summed E-state index contributed by atoms with van der Waals surface area (Å²) >= 11 is 0. The molecule has 0 spiro atoms. The Hall–Kier alpha value is -2.23. The number of nitrogens with one attached hydrogen (secondary N) is 1. The second kappa shape index (κ2) is 5.18. The summed E-state index contributed by atoms with van der Waals surface area (Å²) in [5, 5.41) is 9.93. The first-order valence-corrected chi connectivity index (χ1v) is 6.26. The predicted molar refractivity (Wildman–Crippen MR) is 77.9 cm³/mol. The Kier molecular flexibility index (Phi) is 3.60. The molecule has 0 aliphatic carbocycles. The van der Waals surface area contributed by atoms with Crippen LogP contribution in [0.25, 0.3) is 11.3 Å². The quantitative estimate of drug-likeness (QED) is 0.888. The van der Waals surface area contributed by atoms with Gasteiger partial charge in [0.25, 0.3) is 5.56 Å². The molecular weight excluding hydrogens is 240 g/mol. The number of nitrogens with zero attached hydrogens (tertiary/aromatic N) is 1. The number of hydrogen-bond donors (Lipinski definition) is 2. The third-order valence-corrected chi connectivity index (χ3v) is 3.14. The molecule has 4 heteroatoms. The first-order valence-electron chi connectivity index (χ1n) is 6.26. The van der Waals surface area contributed by atoms with Crippen molar-refractivity contribution in [1.82, 2.24) is 4.98 Å². The Bertz CT molecular complexity index is 645. The summed E-state index contributed by atoms with van der Waals surface area (Å²) in [4.78, 5) is 16.4. The van der Waals surface area contributed by atoms with Crippen LogP contribution in [0.1, 0.15) is 12.5 Å². The third kappa shape index (κ3) is 2.47. The largest absolute Gasteiger partial charge is 0.507 e. The lowest BCUT2D eigenvalue weighted by Gasteiger charge is -2.19. The number of aromatic amines is 1. The molecule has 0 aliphatic rings. The monoisotopic (exact) mass is 258 g/mol. The van der Waals surface area contributed by atoms with E-state index in [0.717, 1.165) is 16.8 Å². The van der Waals surface area contributed by atoms with Gasteiger partial charge in [-0.05, 0) is 12.5 Å². The molecule has 0 saturated heterocycles. The average Bonchev–Trinajstić information content (AvgIpc) is 2.37. The van der Waals surface area contributed by atoms with Gasteiger partial charge < -0.3 is 15.0 Å². The highest BCUT2D eigenvalue weighted by molar-refractivity contribution is 5.78. The maximum Gasteiger partial charge on any atom is 0.252 e. The highest BCUT2D eigenvalue weighted by atomic mass is 16.3. The van der Waals surface area contributed by atoms with E-state index >= 15 is 0 Å². The summed E-state index contributed by atoms with van der Waals surface area (Å²) in [6, 6.07) is 9.02. The van der Waals surface area contributed by atoms with Crippen LogP contribution in [-0.2, 0) is 6.42 Å². The number of rotatable bonds is 3. The van der Waals surface area contributed by atoms with Gasteiger partial charge in [0, 0.05) is 37.0 Å². The van der Waals surface area contributed by atoms with Crippen molar-refractivity contribution >= 4 is 5.69 Å². The van der Waals surface area contributed by atoms with Crippen LogP contribution in [-0.4, -0.2) is 24.2 Å². The van der Waals surface area contributed by atoms with E-state index in [4.69, 9.17) is 0 Å². The molecule has 2 aromatic rings. The number of hydrogen-bond acceptors (Lipinski definition) is 3. The topological polar surface area (TPSA) is 56.3 Å². The number of H-pyrrole nitrogens is 1. The molecular formula is C15H18N2O2. The van der Waals surface area contributed by atoms with Crippen LogP contribution >= 0.6 is 0 Å². The fraction of sp³-hybridized carbons (Fsp3) is 0.267. The first kappa shape index (κ1) is 13.2. The smallest absolute Gasteiger partial charge is 0.252 e. The molecule has 0 atom stereocenters. The first-order chi connectivity index (χ1) is 9.04. The average molecular weight is 258 g/mol. The third-order valence-electron chi connectivity index (χ3n) is 3.14. The Labute approximate surface area is 112 Å². The van der Waals surface area contributed by atoms with Crippen molar-refractivity contribution in [1.29, 1.82) is 0 Å². The zero-order valence-corrected chi connectivity index (χ0v) is 11.4. The fourth-order valence-electron chi connectivity index (χ4n) is 2.24. The molecule has 2 rings (SSSR count). The van der Waals surface area contributed by atoms with Crippen LogP contribution in [0.3, 0.4) is 0 Å². The van der Waals surface area contributed by atoms with Gasteiger partial charge in [0.1, 0.15) is 5.75 Å². The molecule has 0 saturated carbocycles. The molecule has 0 amide bonds. The predicted octanol–water partition coefficient (Wildman–Crippen LogP) is 2.38. The minimum absolute atomic E-state index is 0.0507. The minimum atomic E-state index is -0.293. The molecule has 0 bridgehead atoms. The summed E-state index contributed by atoms with van der Waals surface area (Å²) in [7, 11) is 3.90. The van der Waals surface area contributed by atoms with Gasteiger partial charge in [-0.2, -0.15) is 0 Å². The highest BCUT2D eigenvalue weighted by Gasteiger charge is 2.14. The fourth-order valence-corrected chi connectivity index (χ4v) is 2.24. The number of para-hydroxylation sites is 1. The van der Waals surface area contributed by atoms with E-state index in [2.05, 4.69) is 4.98 Å². The molecule has 0 radical (unpaired) electrons. The summed E-state index contributed by atoms with van der Waals surface area (Å²) in [5.74, 6) is 0.0507. The SMILES string of the molecule is CCc1c(O)cc(=O)[nH]c1-c1ccccc1N(C)C. The Balaban J connectivity index is 2.75. The second-order valence-electron chi connectivity index (χ2n) is 4.64. The van der Waals surface area contributed by atoms with Crippen LogP contribution in [0, 0.1) is 0 Å². The summed E-state index contributed by atoms with van der Waals surface area (Å²) in [6.45, 7) is 1.95. The second-order valence-corrected chi connectivity index (χ2v) is 4.64. The number of aromatic nitrogens is 1. The maximum atomic E-state index is 11.6. The molecule has 19 heavy (non-hydrogen) atoms. The van der Waals surface area contributed by atoms with Crippen LogP contribution in [0.4, 0.5) is 5.69 Å². The van der Waals surface area contributed by atoms with Crippen LogP contribution in [0.5, 0.6) is 5.75 Å². The molecule has 0 aliphatic heterocycles. The number of benzene rings is 1. The Morgan fingerprint density at radius 3 is 2.58 bits per heavy atom. The molecule has 0 unspecified atom stereocenters. The van der Waals surface area contributed by atoms with Crippen LogP contribution in [0.2, 0.25) is 0 Å². The van der Waals surface area contributed by atoms with Gasteiger partial charge in [0.05, 0.1) is 5.69 Å². The van der Waals surface area contributed by atoms with E-state index in [0.29, 0.717) is 12.1 Å². The van der Waals surface area contributed by atoms with Gasteiger partial charge >= 0.3 is 0 Å². The van der Waals surface area contributed by atoms with Crippen LogP contribution in [0.15, 0.2) is 35.1 Å². The lowest BCUT2D eigenvalue weighted by atomic mass is 10.0. The molecule has 1 heterocycles. The molecule has 100 valence electrons. The van der Waals surface area contributed by atoms with Crippen molar-refractivity contribution in [3.8, 4) is 17.0 Å². The maximum absolute atomic E-state index is 11.6.